The van der Waals surface area contributed by atoms with Crippen LogP contribution in [0.1, 0.15) is 80.1 Å². The van der Waals surface area contributed by atoms with Gasteiger partial charge in [-0.05, 0) is 50.7 Å². The summed E-state index contributed by atoms with van der Waals surface area (Å²) < 4.78 is 16.6. The molecular formula is C23H36O5. The fraction of sp³-hybridized carbons (Fsp3) is 0.652. The smallest absolute Gasteiger partial charge is 0.311 e. The summed E-state index contributed by atoms with van der Waals surface area (Å²) in [7, 11) is 0. The number of hydrogen-bond acceptors (Lipinski definition) is 5. The second-order valence-electron chi connectivity index (χ2n) is 8.30. The zero-order valence-corrected chi connectivity index (χ0v) is 18.2. The minimum absolute atomic E-state index is 0.0148. The lowest BCUT2D eigenvalue weighted by Crippen LogP contribution is -2.13. The minimum Gasteiger partial charge on any atom is -0.491 e. The molecule has 0 spiro atoms. The molecule has 0 bridgehead atoms. The highest BCUT2D eigenvalue weighted by molar-refractivity contribution is 5.76. The number of benzene rings is 1. The molecule has 28 heavy (non-hydrogen) atoms. The van der Waals surface area contributed by atoms with Crippen LogP contribution >= 0.6 is 0 Å². The lowest BCUT2D eigenvalue weighted by molar-refractivity contribution is -0.137. The highest BCUT2D eigenvalue weighted by Crippen LogP contribution is 2.33. The Kier molecular flexibility index (Phi) is 10.6. The quantitative estimate of drug-likeness (QED) is 0.325. The van der Waals surface area contributed by atoms with E-state index in [9.17, 15) is 9.59 Å². The maximum atomic E-state index is 12.2. The van der Waals surface area contributed by atoms with E-state index in [2.05, 4.69) is 27.7 Å². The number of carbonyl (C=O) groups excluding carboxylic acids is 2. The Bertz CT molecular complexity index is 619. The fourth-order valence-electron chi connectivity index (χ4n) is 2.65. The highest BCUT2D eigenvalue weighted by atomic mass is 16.6. The van der Waals surface area contributed by atoms with Crippen molar-refractivity contribution in [3.8, 4) is 17.2 Å². The average molecular weight is 393 g/mol. The van der Waals surface area contributed by atoms with Crippen LogP contribution in [0.2, 0.25) is 0 Å². The Morgan fingerprint density at radius 3 is 1.75 bits per heavy atom. The van der Waals surface area contributed by atoms with Crippen LogP contribution in [0.3, 0.4) is 0 Å². The van der Waals surface area contributed by atoms with Crippen molar-refractivity contribution in [1.82, 2.24) is 0 Å². The van der Waals surface area contributed by atoms with E-state index < -0.39 is 0 Å². The normalized spacial score (nSPS) is 11.2. The summed E-state index contributed by atoms with van der Waals surface area (Å²) in [5.74, 6) is 1.47. The molecule has 0 saturated carbocycles. The van der Waals surface area contributed by atoms with E-state index in [1.54, 1.807) is 18.2 Å². The molecule has 0 aromatic heterocycles. The van der Waals surface area contributed by atoms with Gasteiger partial charge >= 0.3 is 11.9 Å². The van der Waals surface area contributed by atoms with Crippen LogP contribution in [-0.2, 0) is 9.59 Å². The first-order valence-corrected chi connectivity index (χ1v) is 10.4. The van der Waals surface area contributed by atoms with Crippen molar-refractivity contribution >= 4 is 11.9 Å². The van der Waals surface area contributed by atoms with Crippen molar-refractivity contribution < 1.29 is 23.8 Å². The number of esters is 2. The molecule has 0 aliphatic rings. The summed E-state index contributed by atoms with van der Waals surface area (Å²) in [5.41, 5.74) is 0. The molecule has 0 unspecified atom stereocenters. The third-order valence-electron chi connectivity index (χ3n) is 4.06. The molecule has 0 aliphatic carbocycles. The molecule has 0 radical (unpaired) electrons. The molecule has 5 heteroatoms. The van der Waals surface area contributed by atoms with Gasteiger partial charge in [0, 0.05) is 18.9 Å². The summed E-state index contributed by atoms with van der Waals surface area (Å²) >= 11 is 0. The van der Waals surface area contributed by atoms with Crippen LogP contribution in [0.4, 0.5) is 0 Å². The van der Waals surface area contributed by atoms with Gasteiger partial charge in [0.15, 0.2) is 11.5 Å². The maximum absolute atomic E-state index is 12.2. The van der Waals surface area contributed by atoms with Gasteiger partial charge in [-0.3, -0.25) is 9.59 Å². The van der Waals surface area contributed by atoms with Crippen molar-refractivity contribution in [2.24, 2.45) is 11.8 Å². The van der Waals surface area contributed by atoms with Crippen LogP contribution in [-0.4, -0.2) is 18.0 Å². The van der Waals surface area contributed by atoms with E-state index in [-0.39, 0.29) is 29.5 Å². The molecule has 1 aromatic carbocycles. The predicted molar refractivity (Wildman–Crippen MR) is 111 cm³/mol. The zero-order valence-electron chi connectivity index (χ0n) is 18.2. The highest BCUT2D eigenvalue weighted by Gasteiger charge is 2.16. The second kappa shape index (κ2) is 12.4. The molecule has 0 aliphatic heterocycles. The van der Waals surface area contributed by atoms with Crippen molar-refractivity contribution in [2.75, 3.05) is 0 Å². The maximum Gasteiger partial charge on any atom is 0.311 e. The molecule has 5 nitrogen and oxygen atoms in total. The summed E-state index contributed by atoms with van der Waals surface area (Å²) in [6.07, 6.45) is 4.12. The predicted octanol–water partition coefficient (Wildman–Crippen LogP) is 5.94. The van der Waals surface area contributed by atoms with Crippen molar-refractivity contribution in [3.63, 3.8) is 0 Å². The van der Waals surface area contributed by atoms with Gasteiger partial charge in [-0.25, -0.2) is 0 Å². The number of rotatable bonds is 12. The summed E-state index contributed by atoms with van der Waals surface area (Å²) in [6, 6.07) is 4.94. The van der Waals surface area contributed by atoms with Gasteiger partial charge in [-0.1, -0.05) is 40.5 Å². The van der Waals surface area contributed by atoms with Gasteiger partial charge in [-0.2, -0.15) is 0 Å². The summed E-state index contributed by atoms with van der Waals surface area (Å²) in [5, 5.41) is 0. The molecule has 0 N–H and O–H groups in total. The largest absolute Gasteiger partial charge is 0.491 e. The van der Waals surface area contributed by atoms with Gasteiger partial charge in [-0.15, -0.1) is 0 Å². The fourth-order valence-corrected chi connectivity index (χ4v) is 2.65. The van der Waals surface area contributed by atoms with Crippen LogP contribution in [0, 0.1) is 11.8 Å². The molecule has 0 amide bonds. The average Bonchev–Trinajstić information content (AvgIpc) is 2.56. The van der Waals surface area contributed by atoms with E-state index in [4.69, 9.17) is 14.2 Å². The van der Waals surface area contributed by atoms with Gasteiger partial charge < -0.3 is 14.2 Å². The molecule has 0 atom stereocenters. The molecule has 0 heterocycles. The van der Waals surface area contributed by atoms with Gasteiger partial charge in [0.05, 0.1) is 6.10 Å². The third-order valence-corrected chi connectivity index (χ3v) is 4.06. The minimum atomic E-state index is -0.334. The van der Waals surface area contributed by atoms with E-state index in [1.807, 2.05) is 13.8 Å². The monoisotopic (exact) mass is 392 g/mol. The molecule has 1 rings (SSSR count). The van der Waals surface area contributed by atoms with Gasteiger partial charge in [0.25, 0.3) is 0 Å². The summed E-state index contributed by atoms with van der Waals surface area (Å²) in [4.78, 5) is 24.4. The van der Waals surface area contributed by atoms with E-state index in [1.165, 1.54) is 0 Å². The Morgan fingerprint density at radius 1 is 0.786 bits per heavy atom. The molecule has 158 valence electrons. The SMILES string of the molecule is CC(C)CCCC(=O)Oc1ccc(OC(C)C)cc1OC(=O)CCCC(C)C. The summed E-state index contributed by atoms with van der Waals surface area (Å²) in [6.45, 7) is 12.3. The van der Waals surface area contributed by atoms with Crippen LogP contribution in [0.25, 0.3) is 0 Å². The van der Waals surface area contributed by atoms with E-state index >= 15 is 0 Å². The lowest BCUT2D eigenvalue weighted by atomic mass is 10.1. The Balaban J connectivity index is 2.80. The molecule has 0 saturated heterocycles. The van der Waals surface area contributed by atoms with Crippen LogP contribution in [0.15, 0.2) is 18.2 Å². The van der Waals surface area contributed by atoms with Crippen molar-refractivity contribution in [2.45, 2.75) is 86.2 Å². The Hall–Kier alpha value is -2.04. The van der Waals surface area contributed by atoms with E-state index in [0.717, 1.165) is 25.7 Å². The van der Waals surface area contributed by atoms with Crippen LogP contribution < -0.4 is 14.2 Å². The van der Waals surface area contributed by atoms with Crippen molar-refractivity contribution in [1.29, 1.82) is 0 Å². The lowest BCUT2D eigenvalue weighted by Gasteiger charge is -2.14. The first-order valence-electron chi connectivity index (χ1n) is 10.4. The number of ether oxygens (including phenoxy) is 3. The molecular weight excluding hydrogens is 356 g/mol. The zero-order chi connectivity index (χ0) is 21.1. The number of carbonyl (C=O) groups is 2. The topological polar surface area (TPSA) is 61.8 Å². The first kappa shape index (κ1) is 24.0. The van der Waals surface area contributed by atoms with Crippen molar-refractivity contribution in [3.05, 3.63) is 18.2 Å². The van der Waals surface area contributed by atoms with Gasteiger partial charge in [0.1, 0.15) is 5.75 Å². The van der Waals surface area contributed by atoms with E-state index in [0.29, 0.717) is 30.4 Å². The second-order valence-corrected chi connectivity index (χ2v) is 8.30. The number of hydrogen-bond donors (Lipinski definition) is 0. The molecule has 0 fully saturated rings. The first-order chi connectivity index (χ1) is 13.2. The Labute approximate surface area is 169 Å². The van der Waals surface area contributed by atoms with Gasteiger partial charge in [0.2, 0.25) is 0 Å². The Morgan fingerprint density at radius 2 is 1.29 bits per heavy atom. The standard InChI is InChI=1S/C23H36O5/c1-16(2)9-7-11-22(24)27-20-14-13-19(26-18(5)6)15-21(20)28-23(25)12-8-10-17(3)4/h13-18H,7-12H2,1-6H3. The molecule has 1 aromatic rings. The third kappa shape index (κ3) is 10.3. The van der Waals surface area contributed by atoms with Crippen LogP contribution in [0.5, 0.6) is 17.2 Å².